The van der Waals surface area contributed by atoms with Crippen LogP contribution < -0.4 is 25.4 Å². The maximum Gasteiger partial charge on any atom is 0.230 e. The average molecular weight is 469 g/mol. The van der Waals surface area contributed by atoms with Gasteiger partial charge >= 0.3 is 0 Å². The van der Waals surface area contributed by atoms with Gasteiger partial charge in [-0.1, -0.05) is 42.5 Å². The summed E-state index contributed by atoms with van der Waals surface area (Å²) >= 11 is 5.26. The molecule has 0 unspecified atom stereocenters. The number of carbonyl (C=O) groups excluding carboxylic acids is 1. The molecular formula is C26H20N4O3S. The lowest BCUT2D eigenvalue weighted by molar-refractivity contribution is -0.119. The van der Waals surface area contributed by atoms with Gasteiger partial charge in [-0.15, -0.1) is 0 Å². The van der Waals surface area contributed by atoms with Gasteiger partial charge in [0.25, 0.3) is 0 Å². The van der Waals surface area contributed by atoms with Gasteiger partial charge in [-0.3, -0.25) is 4.79 Å². The van der Waals surface area contributed by atoms with E-state index < -0.39 is 0 Å². The Morgan fingerprint density at radius 3 is 2.56 bits per heavy atom. The zero-order valence-electron chi connectivity index (χ0n) is 17.9. The van der Waals surface area contributed by atoms with Crippen LogP contribution in [-0.2, 0) is 11.2 Å². The molecule has 0 fully saturated rings. The van der Waals surface area contributed by atoms with Crippen molar-refractivity contribution >= 4 is 40.4 Å². The fraction of sp³-hybridized carbons (Fsp3) is 0.0385. The Morgan fingerprint density at radius 1 is 0.971 bits per heavy atom. The van der Waals surface area contributed by atoms with Crippen LogP contribution in [0.4, 0.5) is 17.2 Å². The topological polar surface area (TPSA) is 84.5 Å². The number of fused-ring (bicyclic) bond motifs is 2. The van der Waals surface area contributed by atoms with E-state index in [0.717, 1.165) is 16.9 Å². The molecule has 0 atom stereocenters. The fourth-order valence-electron chi connectivity index (χ4n) is 3.44. The van der Waals surface area contributed by atoms with E-state index in [1.165, 1.54) is 0 Å². The number of rotatable bonds is 5. The Hall–Kier alpha value is -4.43. The number of nitrogens with zero attached hydrogens (tertiary/aromatic N) is 1. The molecule has 3 aromatic carbocycles. The number of benzene rings is 3. The molecule has 0 aliphatic carbocycles. The molecule has 8 heteroatoms. The summed E-state index contributed by atoms with van der Waals surface area (Å²) in [6.07, 6.45) is 1.91. The van der Waals surface area contributed by atoms with Crippen LogP contribution in [0.25, 0.3) is 0 Å². The SMILES string of the molecule is O=C(Cc1ccccc1)NC(=S)Nc1ccc(Oc2ccnc3c2Oc2ccccc2N3)cc1. The van der Waals surface area contributed by atoms with Crippen molar-refractivity contribution in [1.82, 2.24) is 10.3 Å². The van der Waals surface area contributed by atoms with Crippen molar-refractivity contribution in [3.63, 3.8) is 0 Å². The molecule has 3 N–H and O–H groups in total. The molecule has 0 spiro atoms. The third-order valence-electron chi connectivity index (χ3n) is 5.02. The first kappa shape index (κ1) is 21.4. The normalized spacial score (nSPS) is 11.2. The molecule has 0 bridgehead atoms. The first-order chi connectivity index (χ1) is 16.6. The second-order valence-corrected chi connectivity index (χ2v) is 7.91. The first-order valence-corrected chi connectivity index (χ1v) is 11.0. The van der Waals surface area contributed by atoms with Gasteiger partial charge in [0.05, 0.1) is 12.1 Å². The molecule has 0 saturated heterocycles. The smallest absolute Gasteiger partial charge is 0.230 e. The average Bonchev–Trinajstić information content (AvgIpc) is 2.85. The number of hydrogen-bond acceptors (Lipinski definition) is 6. The minimum absolute atomic E-state index is 0.179. The van der Waals surface area contributed by atoms with Crippen molar-refractivity contribution < 1.29 is 14.3 Å². The van der Waals surface area contributed by atoms with Crippen molar-refractivity contribution in [2.45, 2.75) is 6.42 Å². The fourth-order valence-corrected chi connectivity index (χ4v) is 3.67. The van der Waals surface area contributed by atoms with Gasteiger partial charge in [-0.05, 0) is 54.2 Å². The third-order valence-corrected chi connectivity index (χ3v) is 5.23. The maximum absolute atomic E-state index is 12.2. The van der Waals surface area contributed by atoms with E-state index in [-0.39, 0.29) is 17.4 Å². The van der Waals surface area contributed by atoms with Crippen LogP contribution in [0.1, 0.15) is 5.56 Å². The number of amides is 1. The van der Waals surface area contributed by atoms with Gasteiger partial charge in [-0.2, -0.15) is 0 Å². The van der Waals surface area contributed by atoms with Crippen molar-refractivity contribution in [2.75, 3.05) is 10.6 Å². The Labute approximate surface area is 201 Å². The lowest BCUT2D eigenvalue weighted by Crippen LogP contribution is -2.35. The lowest BCUT2D eigenvalue weighted by Gasteiger charge is -2.22. The molecule has 0 saturated carbocycles. The monoisotopic (exact) mass is 468 g/mol. The van der Waals surface area contributed by atoms with E-state index in [9.17, 15) is 4.79 Å². The van der Waals surface area contributed by atoms with E-state index >= 15 is 0 Å². The van der Waals surface area contributed by atoms with Gasteiger partial charge < -0.3 is 25.4 Å². The molecule has 1 aromatic heterocycles. The number of pyridine rings is 1. The molecule has 2 heterocycles. The largest absolute Gasteiger partial charge is 0.453 e. The number of anilines is 3. The highest BCUT2D eigenvalue weighted by Gasteiger charge is 2.21. The highest BCUT2D eigenvalue weighted by molar-refractivity contribution is 7.80. The number of hydrogen-bond donors (Lipinski definition) is 3. The van der Waals surface area contributed by atoms with Crippen LogP contribution in [0.15, 0.2) is 91.1 Å². The molecule has 34 heavy (non-hydrogen) atoms. The summed E-state index contributed by atoms with van der Waals surface area (Å²) in [6, 6.07) is 26.1. The number of nitrogens with one attached hydrogen (secondary N) is 3. The van der Waals surface area contributed by atoms with E-state index in [2.05, 4.69) is 20.9 Å². The predicted molar refractivity (Wildman–Crippen MR) is 135 cm³/mol. The second kappa shape index (κ2) is 9.60. The minimum atomic E-state index is -0.179. The zero-order valence-corrected chi connectivity index (χ0v) is 18.8. The van der Waals surface area contributed by atoms with Crippen LogP contribution in [0.2, 0.25) is 0 Å². The van der Waals surface area contributed by atoms with Crippen LogP contribution in [0.5, 0.6) is 23.0 Å². The Balaban J connectivity index is 1.20. The molecular weight excluding hydrogens is 448 g/mol. The van der Waals surface area contributed by atoms with Gasteiger partial charge in [-0.25, -0.2) is 4.98 Å². The highest BCUT2D eigenvalue weighted by Crippen LogP contribution is 2.46. The first-order valence-electron chi connectivity index (χ1n) is 10.6. The molecule has 168 valence electrons. The summed E-state index contributed by atoms with van der Waals surface area (Å²) in [5.74, 6) is 2.78. The standard InChI is InChI=1S/C26H20N4O3S/c31-23(16-17-6-2-1-3-7-17)30-26(34)28-18-10-12-19(13-11-18)32-22-14-15-27-25-24(22)33-21-9-5-4-8-20(21)29-25/h1-15H,16H2,(H,27,29)(H2,28,30,31,34). The second-order valence-electron chi connectivity index (χ2n) is 7.50. The highest BCUT2D eigenvalue weighted by atomic mass is 32.1. The third kappa shape index (κ3) is 4.97. The minimum Gasteiger partial charge on any atom is -0.453 e. The number of ether oxygens (including phenoxy) is 2. The summed E-state index contributed by atoms with van der Waals surface area (Å²) in [4.78, 5) is 16.5. The van der Waals surface area contributed by atoms with Crippen LogP contribution in [0.3, 0.4) is 0 Å². The van der Waals surface area contributed by atoms with E-state index in [4.69, 9.17) is 21.7 Å². The lowest BCUT2D eigenvalue weighted by atomic mass is 10.1. The summed E-state index contributed by atoms with van der Waals surface area (Å²) in [7, 11) is 0. The van der Waals surface area contributed by atoms with E-state index in [1.54, 1.807) is 24.4 Å². The summed E-state index contributed by atoms with van der Waals surface area (Å²) in [5.41, 5.74) is 2.49. The zero-order chi connectivity index (χ0) is 23.3. The molecule has 7 nitrogen and oxygen atoms in total. The van der Waals surface area contributed by atoms with Gasteiger partial charge in [0, 0.05) is 18.0 Å². The quantitative estimate of drug-likeness (QED) is 0.282. The molecule has 1 amide bonds. The Morgan fingerprint density at radius 2 is 1.74 bits per heavy atom. The summed E-state index contributed by atoms with van der Waals surface area (Å²) in [6.45, 7) is 0. The van der Waals surface area contributed by atoms with Gasteiger partial charge in [0.15, 0.2) is 22.4 Å². The van der Waals surface area contributed by atoms with Gasteiger partial charge in [0.2, 0.25) is 11.7 Å². The number of carbonyl (C=O) groups is 1. The van der Waals surface area contributed by atoms with Crippen LogP contribution in [-0.4, -0.2) is 16.0 Å². The van der Waals surface area contributed by atoms with Crippen molar-refractivity contribution in [2.24, 2.45) is 0 Å². The summed E-state index contributed by atoms with van der Waals surface area (Å²) in [5, 5.41) is 9.19. The molecule has 1 aliphatic heterocycles. The van der Waals surface area contributed by atoms with Gasteiger partial charge in [0.1, 0.15) is 5.75 Å². The predicted octanol–water partition coefficient (Wildman–Crippen LogP) is 5.78. The van der Waals surface area contributed by atoms with E-state index in [1.807, 2.05) is 66.7 Å². The van der Waals surface area contributed by atoms with Crippen LogP contribution in [0, 0.1) is 0 Å². The number of thiocarbonyl (C=S) groups is 1. The molecule has 1 aliphatic rings. The number of para-hydroxylation sites is 2. The van der Waals surface area contributed by atoms with Crippen molar-refractivity contribution in [1.29, 1.82) is 0 Å². The molecule has 5 rings (SSSR count). The van der Waals surface area contributed by atoms with Crippen molar-refractivity contribution in [3.8, 4) is 23.0 Å². The molecule has 4 aromatic rings. The Kier molecular flexibility index (Phi) is 6.05. The summed E-state index contributed by atoms with van der Waals surface area (Å²) < 4.78 is 12.1. The Bertz CT molecular complexity index is 1340. The maximum atomic E-state index is 12.2. The number of aromatic nitrogens is 1. The van der Waals surface area contributed by atoms with E-state index in [0.29, 0.717) is 28.8 Å². The van der Waals surface area contributed by atoms with Crippen LogP contribution >= 0.6 is 12.2 Å². The van der Waals surface area contributed by atoms with Crippen molar-refractivity contribution in [3.05, 3.63) is 96.7 Å². The molecule has 0 radical (unpaired) electrons.